The van der Waals surface area contributed by atoms with E-state index in [1.54, 1.807) is 0 Å². The number of halogens is 1. The van der Waals surface area contributed by atoms with Crippen LogP contribution < -0.4 is 10.2 Å². The van der Waals surface area contributed by atoms with Crippen molar-refractivity contribution in [2.45, 2.75) is 25.1 Å². The largest absolute Gasteiger partial charge is 0.378 e. The number of amides is 1. The van der Waals surface area contributed by atoms with E-state index in [-0.39, 0.29) is 11.3 Å². The van der Waals surface area contributed by atoms with Crippen molar-refractivity contribution in [3.63, 3.8) is 0 Å². The van der Waals surface area contributed by atoms with Gasteiger partial charge in [-0.15, -0.1) is 11.6 Å². The summed E-state index contributed by atoms with van der Waals surface area (Å²) < 4.78 is 0. The fourth-order valence-corrected chi connectivity index (χ4v) is 1.93. The van der Waals surface area contributed by atoms with Crippen molar-refractivity contribution in [1.82, 2.24) is 5.32 Å². The van der Waals surface area contributed by atoms with Gasteiger partial charge in [0.25, 0.3) is 5.91 Å². The maximum Gasteiger partial charge on any atom is 0.251 e. The maximum absolute atomic E-state index is 11.9. The molecule has 0 aromatic heterocycles. The second-order valence-electron chi connectivity index (χ2n) is 4.54. The number of alkyl halides is 1. The van der Waals surface area contributed by atoms with Crippen LogP contribution in [0.5, 0.6) is 0 Å². The summed E-state index contributed by atoms with van der Waals surface area (Å²) in [6.45, 7) is 2.60. The lowest BCUT2D eigenvalue weighted by molar-refractivity contribution is 0.0953. The molecule has 0 radical (unpaired) electrons. The van der Waals surface area contributed by atoms with Crippen molar-refractivity contribution in [3.8, 4) is 0 Å². The van der Waals surface area contributed by atoms with Crippen molar-refractivity contribution < 1.29 is 4.79 Å². The van der Waals surface area contributed by atoms with Crippen molar-refractivity contribution in [3.05, 3.63) is 29.8 Å². The van der Waals surface area contributed by atoms with Gasteiger partial charge in [0.15, 0.2) is 0 Å². The van der Waals surface area contributed by atoms with E-state index in [1.165, 1.54) is 0 Å². The Kier molecular flexibility index (Phi) is 5.99. The molecule has 4 heteroatoms. The third-order valence-corrected chi connectivity index (χ3v) is 3.10. The van der Waals surface area contributed by atoms with Crippen LogP contribution in [0, 0.1) is 0 Å². The normalized spacial score (nSPS) is 12.0. The van der Waals surface area contributed by atoms with Crippen LogP contribution in [0.2, 0.25) is 0 Å². The van der Waals surface area contributed by atoms with Crippen LogP contribution >= 0.6 is 11.6 Å². The van der Waals surface area contributed by atoms with Crippen LogP contribution in [0.25, 0.3) is 0 Å². The van der Waals surface area contributed by atoms with E-state index >= 15 is 0 Å². The molecule has 1 aromatic carbocycles. The minimum Gasteiger partial charge on any atom is -0.378 e. The van der Waals surface area contributed by atoms with Crippen molar-refractivity contribution in [2.75, 3.05) is 25.5 Å². The maximum atomic E-state index is 11.9. The van der Waals surface area contributed by atoms with Gasteiger partial charge in [0, 0.05) is 31.9 Å². The average Bonchev–Trinajstić information content (AvgIpc) is 2.36. The van der Waals surface area contributed by atoms with Gasteiger partial charge in [0.1, 0.15) is 0 Å². The quantitative estimate of drug-likeness (QED) is 0.805. The van der Waals surface area contributed by atoms with E-state index in [4.69, 9.17) is 11.6 Å². The molecule has 0 saturated carbocycles. The van der Waals surface area contributed by atoms with Crippen molar-refractivity contribution in [1.29, 1.82) is 0 Å². The van der Waals surface area contributed by atoms with Crippen LogP contribution in [-0.4, -0.2) is 31.9 Å². The Labute approximate surface area is 114 Å². The summed E-state index contributed by atoms with van der Waals surface area (Å²) in [6.07, 6.45) is 1.95. The lowest BCUT2D eigenvalue weighted by Crippen LogP contribution is -2.29. The lowest BCUT2D eigenvalue weighted by Gasteiger charge is -2.13. The molecule has 0 aliphatic rings. The molecule has 0 bridgehead atoms. The molecule has 1 N–H and O–H groups in total. The summed E-state index contributed by atoms with van der Waals surface area (Å²) >= 11 is 6.06. The monoisotopic (exact) mass is 268 g/mol. The molecular formula is C14H21ClN2O. The second-order valence-corrected chi connectivity index (χ2v) is 5.15. The molecule has 1 atom stereocenters. The highest BCUT2D eigenvalue weighted by atomic mass is 35.5. The van der Waals surface area contributed by atoms with E-state index in [2.05, 4.69) is 12.2 Å². The van der Waals surface area contributed by atoms with Gasteiger partial charge in [-0.2, -0.15) is 0 Å². The van der Waals surface area contributed by atoms with Crippen LogP contribution in [-0.2, 0) is 0 Å². The molecule has 1 unspecified atom stereocenters. The number of carbonyl (C=O) groups excluding carboxylic acids is 1. The van der Waals surface area contributed by atoms with Crippen LogP contribution in [0.3, 0.4) is 0 Å². The Bertz CT molecular complexity index is 376. The molecule has 3 nitrogen and oxygen atoms in total. The Morgan fingerprint density at radius 1 is 1.33 bits per heavy atom. The summed E-state index contributed by atoms with van der Waals surface area (Å²) in [5.74, 6) is -0.0675. The first-order valence-electron chi connectivity index (χ1n) is 6.24. The zero-order valence-corrected chi connectivity index (χ0v) is 12.0. The SMILES string of the molecule is CCCC(Cl)CNC(=O)c1ccc(N(C)C)cc1. The smallest absolute Gasteiger partial charge is 0.251 e. The lowest BCUT2D eigenvalue weighted by atomic mass is 10.2. The number of hydrogen-bond donors (Lipinski definition) is 1. The first-order chi connectivity index (χ1) is 8.54. The van der Waals surface area contributed by atoms with Gasteiger partial charge in [-0.1, -0.05) is 13.3 Å². The van der Waals surface area contributed by atoms with Gasteiger partial charge in [-0.3, -0.25) is 4.79 Å². The predicted molar refractivity (Wildman–Crippen MR) is 77.7 cm³/mol. The fraction of sp³-hybridized carbons (Fsp3) is 0.500. The minimum atomic E-state index is -0.0675. The first-order valence-corrected chi connectivity index (χ1v) is 6.68. The summed E-state index contributed by atoms with van der Waals surface area (Å²) in [7, 11) is 3.94. The molecule has 1 rings (SSSR count). The van der Waals surface area contributed by atoms with E-state index in [0.717, 1.165) is 18.5 Å². The van der Waals surface area contributed by atoms with Gasteiger partial charge >= 0.3 is 0 Å². The predicted octanol–water partition coefficient (Wildman–Crippen LogP) is 2.89. The zero-order chi connectivity index (χ0) is 13.5. The van der Waals surface area contributed by atoms with Gasteiger partial charge in [0.2, 0.25) is 0 Å². The second kappa shape index (κ2) is 7.27. The fourth-order valence-electron chi connectivity index (χ4n) is 1.63. The average molecular weight is 269 g/mol. The highest BCUT2D eigenvalue weighted by Gasteiger charge is 2.08. The number of carbonyl (C=O) groups is 1. The number of benzene rings is 1. The Morgan fingerprint density at radius 2 is 1.94 bits per heavy atom. The minimum absolute atomic E-state index is 0.0139. The van der Waals surface area contributed by atoms with Gasteiger partial charge in [-0.05, 0) is 30.7 Å². The third-order valence-electron chi connectivity index (χ3n) is 2.73. The molecule has 1 aromatic rings. The molecular weight excluding hydrogens is 248 g/mol. The molecule has 0 aliphatic heterocycles. The van der Waals surface area contributed by atoms with E-state index in [9.17, 15) is 4.79 Å². The topological polar surface area (TPSA) is 32.3 Å². The van der Waals surface area contributed by atoms with Crippen LogP contribution in [0.1, 0.15) is 30.1 Å². The summed E-state index contributed by atoms with van der Waals surface area (Å²) in [5.41, 5.74) is 1.74. The van der Waals surface area contributed by atoms with Gasteiger partial charge in [0.05, 0.1) is 5.38 Å². The molecule has 0 heterocycles. The van der Waals surface area contributed by atoms with Crippen LogP contribution in [0.4, 0.5) is 5.69 Å². The molecule has 0 aliphatic carbocycles. The number of rotatable bonds is 6. The number of hydrogen-bond acceptors (Lipinski definition) is 2. The summed E-state index contributed by atoms with van der Waals surface area (Å²) in [6, 6.07) is 7.51. The molecule has 0 spiro atoms. The number of anilines is 1. The zero-order valence-electron chi connectivity index (χ0n) is 11.2. The highest BCUT2D eigenvalue weighted by molar-refractivity contribution is 6.20. The molecule has 1 amide bonds. The third kappa shape index (κ3) is 4.57. The molecule has 0 fully saturated rings. The Hall–Kier alpha value is -1.22. The van der Waals surface area contributed by atoms with E-state index in [0.29, 0.717) is 12.1 Å². The Balaban J connectivity index is 2.51. The van der Waals surface area contributed by atoms with Gasteiger partial charge < -0.3 is 10.2 Å². The standard InChI is InChI=1S/C14H21ClN2O/c1-4-5-12(15)10-16-14(18)11-6-8-13(9-7-11)17(2)3/h6-9,12H,4-5,10H2,1-3H3,(H,16,18). The van der Waals surface area contributed by atoms with Gasteiger partial charge in [-0.25, -0.2) is 0 Å². The molecule has 0 saturated heterocycles. The van der Waals surface area contributed by atoms with E-state index < -0.39 is 0 Å². The number of nitrogens with one attached hydrogen (secondary N) is 1. The number of nitrogens with zero attached hydrogens (tertiary/aromatic N) is 1. The summed E-state index contributed by atoms with van der Waals surface area (Å²) in [5, 5.41) is 2.86. The van der Waals surface area contributed by atoms with Crippen molar-refractivity contribution >= 4 is 23.2 Å². The van der Waals surface area contributed by atoms with Crippen LogP contribution in [0.15, 0.2) is 24.3 Å². The molecule has 18 heavy (non-hydrogen) atoms. The van der Waals surface area contributed by atoms with E-state index in [1.807, 2.05) is 43.3 Å². The molecule has 100 valence electrons. The van der Waals surface area contributed by atoms with Crippen molar-refractivity contribution in [2.24, 2.45) is 0 Å². The highest BCUT2D eigenvalue weighted by Crippen LogP contribution is 2.12. The Morgan fingerprint density at radius 3 is 2.44 bits per heavy atom. The first kappa shape index (κ1) is 14.8. The summed E-state index contributed by atoms with van der Waals surface area (Å²) in [4.78, 5) is 13.8.